The fourth-order valence-corrected chi connectivity index (χ4v) is 2.13. The number of phenols is 1. The third kappa shape index (κ3) is 3.63. The Bertz CT molecular complexity index is 734. The van der Waals surface area contributed by atoms with E-state index in [1.54, 1.807) is 30.3 Å². The van der Waals surface area contributed by atoms with Crippen LogP contribution in [0.5, 0.6) is 23.0 Å². The average Bonchev–Trinajstić information content (AvgIpc) is 2.59. The zero-order chi connectivity index (χ0) is 16.8. The Morgan fingerprint density at radius 2 is 1.83 bits per heavy atom. The van der Waals surface area contributed by atoms with Gasteiger partial charge >= 0.3 is 0 Å². The first-order valence-corrected chi connectivity index (χ1v) is 6.91. The molecule has 5 nitrogen and oxygen atoms in total. The summed E-state index contributed by atoms with van der Waals surface area (Å²) in [6, 6.07) is 9.87. The van der Waals surface area contributed by atoms with Crippen molar-refractivity contribution < 1.29 is 24.1 Å². The number of methoxy groups -OCH3 is 3. The van der Waals surface area contributed by atoms with Crippen molar-refractivity contribution in [2.45, 2.75) is 0 Å². The second kappa shape index (κ2) is 7.35. The first-order chi connectivity index (χ1) is 11.1. The lowest BCUT2D eigenvalue weighted by Crippen LogP contribution is -2.01. The quantitative estimate of drug-likeness (QED) is 0.654. The van der Waals surface area contributed by atoms with Crippen LogP contribution >= 0.6 is 0 Å². The van der Waals surface area contributed by atoms with Gasteiger partial charge in [-0.05, 0) is 42.5 Å². The molecule has 0 unspecified atom stereocenters. The normalized spacial score (nSPS) is 10.6. The number of rotatable bonds is 6. The van der Waals surface area contributed by atoms with Crippen molar-refractivity contribution in [3.8, 4) is 23.0 Å². The van der Waals surface area contributed by atoms with Crippen molar-refractivity contribution in [1.82, 2.24) is 0 Å². The SMILES string of the molecule is COc1ccc(O)c(/C=C/C(=O)c2cccc(OC)c2OC)c1. The van der Waals surface area contributed by atoms with E-state index in [1.807, 2.05) is 0 Å². The fraction of sp³-hybridized carbons (Fsp3) is 0.167. The Kier molecular flexibility index (Phi) is 5.25. The zero-order valence-electron chi connectivity index (χ0n) is 13.2. The van der Waals surface area contributed by atoms with Crippen LogP contribution in [-0.2, 0) is 0 Å². The minimum atomic E-state index is -0.261. The van der Waals surface area contributed by atoms with Crippen molar-refractivity contribution in [1.29, 1.82) is 0 Å². The second-order valence-electron chi connectivity index (χ2n) is 4.66. The van der Waals surface area contributed by atoms with Gasteiger partial charge in [-0.1, -0.05) is 6.07 Å². The molecule has 0 heterocycles. The highest BCUT2D eigenvalue weighted by atomic mass is 16.5. The van der Waals surface area contributed by atoms with E-state index in [-0.39, 0.29) is 11.5 Å². The van der Waals surface area contributed by atoms with E-state index < -0.39 is 0 Å². The molecule has 0 aliphatic heterocycles. The molecule has 120 valence electrons. The molecule has 1 N–H and O–H groups in total. The molecule has 0 fully saturated rings. The molecule has 5 heteroatoms. The molecule has 0 atom stereocenters. The predicted molar refractivity (Wildman–Crippen MR) is 87.6 cm³/mol. The van der Waals surface area contributed by atoms with Gasteiger partial charge in [0.15, 0.2) is 17.3 Å². The van der Waals surface area contributed by atoms with Crippen LogP contribution in [0.1, 0.15) is 15.9 Å². The number of carbonyl (C=O) groups is 1. The number of carbonyl (C=O) groups excluding carboxylic acids is 1. The summed E-state index contributed by atoms with van der Waals surface area (Å²) in [4.78, 5) is 12.4. The first-order valence-electron chi connectivity index (χ1n) is 6.91. The molecule has 0 aliphatic carbocycles. The van der Waals surface area contributed by atoms with Gasteiger partial charge in [0.05, 0.1) is 26.9 Å². The van der Waals surface area contributed by atoms with Crippen molar-refractivity contribution in [3.63, 3.8) is 0 Å². The molecule has 0 saturated carbocycles. The Balaban J connectivity index is 2.32. The van der Waals surface area contributed by atoms with E-state index in [2.05, 4.69) is 0 Å². The number of allylic oxidation sites excluding steroid dienone is 1. The fourth-order valence-electron chi connectivity index (χ4n) is 2.13. The third-order valence-corrected chi connectivity index (χ3v) is 3.32. The van der Waals surface area contributed by atoms with E-state index in [0.717, 1.165) is 0 Å². The molecule has 2 aromatic carbocycles. The van der Waals surface area contributed by atoms with Crippen LogP contribution in [0.2, 0.25) is 0 Å². The van der Waals surface area contributed by atoms with Gasteiger partial charge in [0, 0.05) is 5.56 Å². The maximum Gasteiger partial charge on any atom is 0.189 e. The molecule has 0 aromatic heterocycles. The van der Waals surface area contributed by atoms with Crippen molar-refractivity contribution in [2.75, 3.05) is 21.3 Å². The lowest BCUT2D eigenvalue weighted by molar-refractivity contribution is 0.104. The van der Waals surface area contributed by atoms with Gasteiger partial charge in [0.1, 0.15) is 11.5 Å². The molecule has 2 rings (SSSR count). The maximum absolute atomic E-state index is 12.4. The molecule has 0 aliphatic rings. The summed E-state index contributed by atoms with van der Waals surface area (Å²) in [7, 11) is 4.52. The molecular formula is C18H18O5. The van der Waals surface area contributed by atoms with Crippen LogP contribution in [0.3, 0.4) is 0 Å². The summed E-state index contributed by atoms with van der Waals surface area (Å²) in [5, 5.41) is 9.83. The number of aromatic hydroxyl groups is 1. The van der Waals surface area contributed by atoms with Gasteiger partial charge in [0.2, 0.25) is 0 Å². The number of benzene rings is 2. The van der Waals surface area contributed by atoms with Crippen LogP contribution in [0.25, 0.3) is 6.08 Å². The third-order valence-electron chi connectivity index (χ3n) is 3.32. The molecule has 0 spiro atoms. The second-order valence-corrected chi connectivity index (χ2v) is 4.66. The zero-order valence-corrected chi connectivity index (χ0v) is 13.2. The molecule has 0 saturated heterocycles. The van der Waals surface area contributed by atoms with E-state index >= 15 is 0 Å². The van der Waals surface area contributed by atoms with Crippen molar-refractivity contribution in [2.24, 2.45) is 0 Å². The standard InChI is InChI=1S/C18H18O5/c1-21-13-8-10-15(19)12(11-13)7-9-16(20)14-5-4-6-17(22-2)18(14)23-3/h4-11,19H,1-3H3/b9-7+. The minimum absolute atomic E-state index is 0.0625. The number of hydrogen-bond donors (Lipinski definition) is 1. The Morgan fingerprint density at radius 1 is 1.04 bits per heavy atom. The summed E-state index contributed by atoms with van der Waals surface area (Å²) in [5.41, 5.74) is 0.866. The number of hydrogen-bond acceptors (Lipinski definition) is 5. The van der Waals surface area contributed by atoms with Gasteiger partial charge in [-0.25, -0.2) is 0 Å². The van der Waals surface area contributed by atoms with Gasteiger partial charge in [-0.3, -0.25) is 4.79 Å². The number of ether oxygens (including phenoxy) is 3. The lowest BCUT2D eigenvalue weighted by atomic mass is 10.1. The highest BCUT2D eigenvalue weighted by Crippen LogP contribution is 2.31. The summed E-state index contributed by atoms with van der Waals surface area (Å²) in [6.45, 7) is 0. The molecule has 0 radical (unpaired) electrons. The monoisotopic (exact) mass is 314 g/mol. The van der Waals surface area contributed by atoms with Crippen LogP contribution < -0.4 is 14.2 Å². The van der Waals surface area contributed by atoms with E-state index in [1.165, 1.54) is 39.5 Å². The smallest absolute Gasteiger partial charge is 0.189 e. The van der Waals surface area contributed by atoms with Crippen molar-refractivity contribution in [3.05, 3.63) is 53.6 Å². The first kappa shape index (κ1) is 16.4. The summed E-state index contributed by atoms with van der Waals surface area (Å²) in [5.74, 6) is 1.25. The van der Waals surface area contributed by atoms with Gasteiger partial charge in [-0.2, -0.15) is 0 Å². The van der Waals surface area contributed by atoms with E-state index in [9.17, 15) is 9.90 Å². The largest absolute Gasteiger partial charge is 0.507 e. The van der Waals surface area contributed by atoms with Crippen LogP contribution in [0, 0.1) is 0 Å². The molecule has 23 heavy (non-hydrogen) atoms. The van der Waals surface area contributed by atoms with Gasteiger partial charge in [-0.15, -0.1) is 0 Å². The summed E-state index contributed by atoms with van der Waals surface area (Å²) in [6.07, 6.45) is 2.89. The van der Waals surface area contributed by atoms with E-state index in [0.29, 0.717) is 28.4 Å². The van der Waals surface area contributed by atoms with Crippen LogP contribution in [0.15, 0.2) is 42.5 Å². The van der Waals surface area contributed by atoms with Crippen LogP contribution in [0.4, 0.5) is 0 Å². The van der Waals surface area contributed by atoms with Crippen LogP contribution in [-0.4, -0.2) is 32.2 Å². The number of ketones is 1. The maximum atomic E-state index is 12.4. The topological polar surface area (TPSA) is 65.0 Å². The number of para-hydroxylation sites is 1. The Hall–Kier alpha value is -2.95. The lowest BCUT2D eigenvalue weighted by Gasteiger charge is -2.10. The van der Waals surface area contributed by atoms with Gasteiger partial charge < -0.3 is 19.3 Å². The highest BCUT2D eigenvalue weighted by molar-refractivity contribution is 6.09. The van der Waals surface area contributed by atoms with Crippen molar-refractivity contribution >= 4 is 11.9 Å². The van der Waals surface area contributed by atoms with Gasteiger partial charge in [0.25, 0.3) is 0 Å². The minimum Gasteiger partial charge on any atom is -0.507 e. The highest BCUT2D eigenvalue weighted by Gasteiger charge is 2.14. The predicted octanol–water partition coefficient (Wildman–Crippen LogP) is 3.31. The molecular weight excluding hydrogens is 296 g/mol. The summed E-state index contributed by atoms with van der Waals surface area (Å²) < 4.78 is 15.5. The molecule has 0 bridgehead atoms. The molecule has 0 amide bonds. The molecule has 2 aromatic rings. The van der Waals surface area contributed by atoms with E-state index in [4.69, 9.17) is 14.2 Å². The number of phenolic OH excluding ortho intramolecular Hbond substituents is 1. The average molecular weight is 314 g/mol. The Morgan fingerprint density at radius 3 is 2.48 bits per heavy atom. The Labute approximate surface area is 134 Å². The summed E-state index contributed by atoms with van der Waals surface area (Å²) >= 11 is 0.